The van der Waals surface area contributed by atoms with Crippen molar-refractivity contribution in [2.75, 3.05) is 0 Å². The lowest BCUT2D eigenvalue weighted by molar-refractivity contribution is 0.644. The van der Waals surface area contributed by atoms with Crippen LogP contribution in [-0.2, 0) is 7.05 Å². The summed E-state index contributed by atoms with van der Waals surface area (Å²) in [7, 11) is 1.82. The average molecular weight is 318 g/mol. The van der Waals surface area contributed by atoms with Crippen LogP contribution in [0.15, 0.2) is 41.0 Å². The first kappa shape index (κ1) is 12.3. The molecule has 0 saturated carbocycles. The second kappa shape index (κ2) is 4.71. The van der Waals surface area contributed by atoms with E-state index < -0.39 is 0 Å². The molecule has 0 spiro atoms. The Morgan fingerprint density at radius 3 is 2.84 bits per heavy atom. The smallest absolute Gasteiger partial charge is 0.0925 e. The minimum atomic E-state index is -0.362. The zero-order valence-corrected chi connectivity index (χ0v) is 11.9. The van der Waals surface area contributed by atoms with Crippen molar-refractivity contribution in [3.63, 3.8) is 0 Å². The van der Waals surface area contributed by atoms with E-state index in [1.165, 1.54) is 0 Å². The van der Waals surface area contributed by atoms with Crippen LogP contribution in [0.2, 0.25) is 0 Å². The largest absolute Gasteiger partial charge is 0.318 e. The normalized spacial score (nSPS) is 12.8. The van der Waals surface area contributed by atoms with Crippen LogP contribution in [0.5, 0.6) is 0 Å². The van der Waals surface area contributed by atoms with E-state index in [2.05, 4.69) is 31.2 Å². The molecule has 1 atom stereocenters. The number of aromatic nitrogens is 4. The quantitative estimate of drug-likeness (QED) is 0.786. The molecule has 2 aromatic heterocycles. The Bertz CT molecular complexity index is 737. The van der Waals surface area contributed by atoms with Gasteiger partial charge in [0.25, 0.3) is 0 Å². The Morgan fingerprint density at radius 1 is 1.32 bits per heavy atom. The topological polar surface area (TPSA) is 69.6 Å². The summed E-state index contributed by atoms with van der Waals surface area (Å²) in [6.07, 6.45) is 1.66. The van der Waals surface area contributed by atoms with Gasteiger partial charge in [-0.1, -0.05) is 23.4 Å². The number of halogens is 1. The third-order valence-corrected chi connectivity index (χ3v) is 3.70. The molecule has 19 heavy (non-hydrogen) atoms. The van der Waals surface area contributed by atoms with E-state index in [0.29, 0.717) is 0 Å². The highest BCUT2D eigenvalue weighted by Gasteiger charge is 2.18. The molecule has 96 valence electrons. The van der Waals surface area contributed by atoms with Gasteiger partial charge in [0.15, 0.2) is 0 Å². The van der Waals surface area contributed by atoms with Crippen LogP contribution in [0.1, 0.15) is 17.4 Å². The van der Waals surface area contributed by atoms with E-state index in [4.69, 9.17) is 5.73 Å². The first-order chi connectivity index (χ1) is 9.16. The third kappa shape index (κ3) is 2.13. The molecule has 0 radical (unpaired) electrons. The van der Waals surface area contributed by atoms with Crippen LogP contribution in [-0.4, -0.2) is 20.0 Å². The molecule has 0 saturated heterocycles. The minimum Gasteiger partial charge on any atom is -0.318 e. The molecule has 2 heterocycles. The molecule has 0 aliphatic heterocycles. The molecular weight excluding hydrogens is 306 g/mol. The highest BCUT2D eigenvalue weighted by Crippen LogP contribution is 2.27. The summed E-state index contributed by atoms with van der Waals surface area (Å²) in [6, 6.07) is 9.61. The standard InChI is InChI=1S/C13H12BrN5/c1-19-11(7-16-18-19)12(15)13-9(14)6-8-4-2-3-5-10(8)17-13/h2-7,12H,15H2,1H3. The van der Waals surface area contributed by atoms with Crippen LogP contribution in [0.4, 0.5) is 0 Å². The van der Waals surface area contributed by atoms with Gasteiger partial charge >= 0.3 is 0 Å². The molecule has 6 heteroatoms. The highest BCUT2D eigenvalue weighted by atomic mass is 79.9. The first-order valence-electron chi connectivity index (χ1n) is 5.82. The number of nitrogens with zero attached hydrogens (tertiary/aromatic N) is 4. The molecular formula is C13H12BrN5. The first-order valence-corrected chi connectivity index (χ1v) is 6.61. The molecule has 0 aliphatic carbocycles. The Kier molecular flexibility index (Phi) is 3.04. The van der Waals surface area contributed by atoms with Gasteiger partial charge in [-0.2, -0.15) is 0 Å². The van der Waals surface area contributed by atoms with Gasteiger partial charge in [-0.15, -0.1) is 5.10 Å². The van der Waals surface area contributed by atoms with Crippen molar-refractivity contribution in [1.29, 1.82) is 0 Å². The molecule has 0 amide bonds. The second-order valence-electron chi connectivity index (χ2n) is 4.31. The number of hydrogen-bond donors (Lipinski definition) is 1. The fourth-order valence-corrected chi connectivity index (χ4v) is 2.62. The van der Waals surface area contributed by atoms with E-state index in [1.807, 2.05) is 37.4 Å². The molecule has 0 fully saturated rings. The summed E-state index contributed by atoms with van der Waals surface area (Å²) < 4.78 is 2.55. The van der Waals surface area contributed by atoms with Gasteiger partial charge in [0.2, 0.25) is 0 Å². The summed E-state index contributed by atoms with van der Waals surface area (Å²) in [6.45, 7) is 0. The van der Waals surface area contributed by atoms with Crippen molar-refractivity contribution in [2.45, 2.75) is 6.04 Å². The van der Waals surface area contributed by atoms with Gasteiger partial charge in [-0.3, -0.25) is 4.68 Å². The Labute approximate surface area is 118 Å². The van der Waals surface area contributed by atoms with Crippen molar-refractivity contribution in [3.8, 4) is 0 Å². The summed E-state index contributed by atoms with van der Waals surface area (Å²) in [5, 5.41) is 8.83. The highest BCUT2D eigenvalue weighted by molar-refractivity contribution is 9.10. The summed E-state index contributed by atoms with van der Waals surface area (Å²) in [5.41, 5.74) is 8.79. The minimum absolute atomic E-state index is 0.362. The van der Waals surface area contributed by atoms with Gasteiger partial charge in [-0.25, -0.2) is 4.98 Å². The second-order valence-corrected chi connectivity index (χ2v) is 5.16. The maximum atomic E-state index is 6.26. The summed E-state index contributed by atoms with van der Waals surface area (Å²) in [5.74, 6) is 0. The van der Waals surface area contributed by atoms with Crippen molar-refractivity contribution in [3.05, 3.63) is 52.4 Å². The number of rotatable bonds is 2. The third-order valence-electron chi connectivity index (χ3n) is 3.07. The summed E-state index contributed by atoms with van der Waals surface area (Å²) >= 11 is 3.54. The fraction of sp³-hybridized carbons (Fsp3) is 0.154. The zero-order valence-electron chi connectivity index (χ0n) is 10.3. The van der Waals surface area contributed by atoms with Crippen LogP contribution in [0.3, 0.4) is 0 Å². The van der Waals surface area contributed by atoms with E-state index in [1.54, 1.807) is 10.9 Å². The van der Waals surface area contributed by atoms with Gasteiger partial charge in [0.05, 0.1) is 29.1 Å². The molecule has 3 rings (SSSR count). The van der Waals surface area contributed by atoms with Gasteiger partial charge in [0, 0.05) is 16.9 Å². The van der Waals surface area contributed by atoms with Gasteiger partial charge < -0.3 is 5.73 Å². The van der Waals surface area contributed by atoms with Gasteiger partial charge in [0.1, 0.15) is 0 Å². The fourth-order valence-electron chi connectivity index (χ4n) is 2.04. The molecule has 1 aromatic carbocycles. The van der Waals surface area contributed by atoms with E-state index in [-0.39, 0.29) is 6.04 Å². The van der Waals surface area contributed by atoms with Crippen molar-refractivity contribution in [2.24, 2.45) is 12.8 Å². The van der Waals surface area contributed by atoms with E-state index >= 15 is 0 Å². The lowest BCUT2D eigenvalue weighted by Crippen LogP contribution is -2.18. The number of pyridine rings is 1. The number of benzene rings is 1. The van der Waals surface area contributed by atoms with Crippen LogP contribution in [0, 0.1) is 0 Å². The average Bonchev–Trinajstić information content (AvgIpc) is 2.83. The number of fused-ring (bicyclic) bond motifs is 1. The lowest BCUT2D eigenvalue weighted by Gasteiger charge is -2.13. The van der Waals surface area contributed by atoms with Crippen molar-refractivity contribution >= 4 is 26.8 Å². The molecule has 3 aromatic rings. The van der Waals surface area contributed by atoms with Gasteiger partial charge in [-0.05, 0) is 28.1 Å². The predicted molar refractivity (Wildman–Crippen MR) is 76.5 cm³/mol. The zero-order chi connectivity index (χ0) is 13.4. The van der Waals surface area contributed by atoms with Crippen LogP contribution in [0.25, 0.3) is 10.9 Å². The molecule has 5 nitrogen and oxygen atoms in total. The number of aryl methyl sites for hydroxylation is 1. The van der Waals surface area contributed by atoms with E-state index in [9.17, 15) is 0 Å². The Morgan fingerprint density at radius 2 is 2.11 bits per heavy atom. The molecule has 0 aliphatic rings. The maximum Gasteiger partial charge on any atom is 0.0925 e. The molecule has 0 bridgehead atoms. The lowest BCUT2D eigenvalue weighted by atomic mass is 10.1. The number of hydrogen-bond acceptors (Lipinski definition) is 4. The monoisotopic (exact) mass is 317 g/mol. The SMILES string of the molecule is Cn1nncc1C(N)c1nc2ccccc2cc1Br. The summed E-state index contributed by atoms with van der Waals surface area (Å²) in [4.78, 5) is 4.63. The van der Waals surface area contributed by atoms with E-state index in [0.717, 1.165) is 26.8 Å². The Balaban J connectivity index is 2.14. The number of nitrogens with two attached hydrogens (primary N) is 1. The van der Waals surface area contributed by atoms with Crippen LogP contribution < -0.4 is 5.73 Å². The molecule has 2 N–H and O–H groups in total. The predicted octanol–water partition coefficient (Wildman–Crippen LogP) is 2.17. The van der Waals surface area contributed by atoms with Crippen molar-refractivity contribution in [1.82, 2.24) is 20.0 Å². The molecule has 1 unspecified atom stereocenters. The maximum absolute atomic E-state index is 6.26. The van der Waals surface area contributed by atoms with Crippen molar-refractivity contribution < 1.29 is 0 Å². The van der Waals surface area contributed by atoms with Crippen LogP contribution >= 0.6 is 15.9 Å². The number of para-hydroxylation sites is 1. The Hall–Kier alpha value is -1.79.